The number of benzene rings is 1. The van der Waals surface area contributed by atoms with E-state index in [1.54, 1.807) is 0 Å². The fourth-order valence-corrected chi connectivity index (χ4v) is 2.06. The van der Waals surface area contributed by atoms with Gasteiger partial charge >= 0.3 is 0 Å². The molecule has 70 valence electrons. The first kappa shape index (κ1) is 9.00. The van der Waals surface area contributed by atoms with Crippen LogP contribution in [0.15, 0.2) is 18.2 Å². The standard InChI is InChI=1S/C10H12ClNO/c11-8-2-1-7-3-4-10(13,6-12)9(7)5-8/h1-2,5,13H,3-4,6,12H2. The maximum Gasteiger partial charge on any atom is 0.102 e. The van der Waals surface area contributed by atoms with Gasteiger partial charge in [0, 0.05) is 11.6 Å². The van der Waals surface area contributed by atoms with Crippen molar-refractivity contribution in [3.8, 4) is 0 Å². The van der Waals surface area contributed by atoms with Gasteiger partial charge in [-0.2, -0.15) is 0 Å². The van der Waals surface area contributed by atoms with Gasteiger partial charge in [0.25, 0.3) is 0 Å². The zero-order valence-corrected chi connectivity index (χ0v) is 8.01. The van der Waals surface area contributed by atoms with Crippen LogP contribution in [0.2, 0.25) is 5.02 Å². The fraction of sp³-hybridized carbons (Fsp3) is 0.400. The van der Waals surface area contributed by atoms with E-state index in [-0.39, 0.29) is 6.54 Å². The number of aliphatic hydroxyl groups is 1. The molecule has 0 fully saturated rings. The molecule has 1 aliphatic rings. The van der Waals surface area contributed by atoms with Crippen LogP contribution in [0.1, 0.15) is 17.5 Å². The largest absolute Gasteiger partial charge is 0.384 e. The first-order valence-corrected chi connectivity index (χ1v) is 4.75. The zero-order valence-electron chi connectivity index (χ0n) is 7.26. The van der Waals surface area contributed by atoms with Crippen molar-refractivity contribution in [1.29, 1.82) is 0 Å². The van der Waals surface area contributed by atoms with Gasteiger partial charge in [0.15, 0.2) is 0 Å². The maximum atomic E-state index is 10.1. The van der Waals surface area contributed by atoms with E-state index in [0.717, 1.165) is 17.5 Å². The molecule has 3 N–H and O–H groups in total. The molecule has 0 heterocycles. The zero-order chi connectivity index (χ0) is 9.47. The fourth-order valence-electron chi connectivity index (χ4n) is 1.89. The second-order valence-corrected chi connectivity index (χ2v) is 3.97. The Hall–Kier alpha value is -0.570. The van der Waals surface area contributed by atoms with E-state index >= 15 is 0 Å². The molecule has 0 saturated heterocycles. The number of nitrogens with two attached hydrogens (primary N) is 1. The Balaban J connectivity index is 2.52. The Bertz CT molecular complexity index is 340. The van der Waals surface area contributed by atoms with E-state index in [1.807, 2.05) is 18.2 Å². The summed E-state index contributed by atoms with van der Waals surface area (Å²) in [6.07, 6.45) is 1.60. The molecule has 1 aromatic rings. The smallest absolute Gasteiger partial charge is 0.102 e. The molecule has 1 aromatic carbocycles. The van der Waals surface area contributed by atoms with Crippen molar-refractivity contribution in [2.75, 3.05) is 6.54 Å². The van der Waals surface area contributed by atoms with E-state index in [9.17, 15) is 5.11 Å². The minimum atomic E-state index is -0.847. The minimum absolute atomic E-state index is 0.264. The van der Waals surface area contributed by atoms with Gasteiger partial charge in [0.1, 0.15) is 5.60 Å². The Kier molecular flexibility index (Phi) is 2.06. The van der Waals surface area contributed by atoms with Crippen LogP contribution < -0.4 is 5.73 Å². The first-order chi connectivity index (χ1) is 6.15. The predicted molar refractivity (Wildman–Crippen MR) is 52.7 cm³/mol. The van der Waals surface area contributed by atoms with Crippen molar-refractivity contribution in [3.05, 3.63) is 34.3 Å². The topological polar surface area (TPSA) is 46.2 Å². The van der Waals surface area contributed by atoms with Crippen LogP contribution in [0.5, 0.6) is 0 Å². The predicted octanol–water partition coefficient (Wildman–Crippen LogP) is 1.43. The van der Waals surface area contributed by atoms with Crippen molar-refractivity contribution in [2.45, 2.75) is 18.4 Å². The summed E-state index contributed by atoms with van der Waals surface area (Å²) in [4.78, 5) is 0. The average molecular weight is 198 g/mol. The SMILES string of the molecule is NCC1(O)CCc2ccc(Cl)cc21. The molecule has 1 unspecified atom stereocenters. The summed E-state index contributed by atoms with van der Waals surface area (Å²) in [7, 11) is 0. The lowest BCUT2D eigenvalue weighted by Gasteiger charge is -2.21. The highest BCUT2D eigenvalue weighted by Crippen LogP contribution is 2.37. The van der Waals surface area contributed by atoms with Gasteiger partial charge in [0.05, 0.1) is 0 Å². The quantitative estimate of drug-likeness (QED) is 0.716. The molecule has 0 aliphatic heterocycles. The number of aryl methyl sites for hydroxylation is 1. The third kappa shape index (κ3) is 1.35. The summed E-state index contributed by atoms with van der Waals surface area (Å²) in [5, 5.41) is 10.8. The maximum absolute atomic E-state index is 10.1. The van der Waals surface area contributed by atoms with E-state index in [0.29, 0.717) is 11.4 Å². The molecule has 0 radical (unpaired) electrons. The summed E-state index contributed by atoms with van der Waals surface area (Å²) < 4.78 is 0. The molecule has 0 spiro atoms. The van der Waals surface area contributed by atoms with Crippen molar-refractivity contribution in [2.24, 2.45) is 5.73 Å². The lowest BCUT2D eigenvalue weighted by molar-refractivity contribution is 0.0481. The Morgan fingerprint density at radius 3 is 3.00 bits per heavy atom. The van der Waals surface area contributed by atoms with Crippen molar-refractivity contribution in [1.82, 2.24) is 0 Å². The molecule has 2 rings (SSSR count). The van der Waals surface area contributed by atoms with Crippen LogP contribution in [0.25, 0.3) is 0 Å². The van der Waals surface area contributed by atoms with E-state index in [1.165, 1.54) is 0 Å². The molecule has 13 heavy (non-hydrogen) atoms. The Morgan fingerprint density at radius 1 is 1.54 bits per heavy atom. The lowest BCUT2D eigenvalue weighted by Crippen LogP contribution is -2.32. The molecule has 1 atom stereocenters. The molecule has 0 bridgehead atoms. The monoisotopic (exact) mass is 197 g/mol. The molecular weight excluding hydrogens is 186 g/mol. The van der Waals surface area contributed by atoms with Crippen molar-refractivity contribution >= 4 is 11.6 Å². The lowest BCUT2D eigenvalue weighted by atomic mass is 9.96. The van der Waals surface area contributed by atoms with Gasteiger partial charge in [-0.1, -0.05) is 17.7 Å². The number of rotatable bonds is 1. The summed E-state index contributed by atoms with van der Waals surface area (Å²) in [5.41, 5.74) is 6.76. The van der Waals surface area contributed by atoms with Gasteiger partial charge < -0.3 is 10.8 Å². The first-order valence-electron chi connectivity index (χ1n) is 4.37. The van der Waals surface area contributed by atoms with Crippen LogP contribution >= 0.6 is 11.6 Å². The van der Waals surface area contributed by atoms with E-state index in [4.69, 9.17) is 17.3 Å². The highest BCUT2D eigenvalue weighted by Gasteiger charge is 2.35. The highest BCUT2D eigenvalue weighted by molar-refractivity contribution is 6.30. The van der Waals surface area contributed by atoms with Crippen LogP contribution in [0, 0.1) is 0 Å². The van der Waals surface area contributed by atoms with E-state index < -0.39 is 5.60 Å². The number of hydrogen-bond acceptors (Lipinski definition) is 2. The minimum Gasteiger partial charge on any atom is -0.384 e. The Labute approximate surface area is 82.3 Å². The second kappa shape index (κ2) is 2.98. The second-order valence-electron chi connectivity index (χ2n) is 3.54. The normalized spacial score (nSPS) is 26.1. The van der Waals surface area contributed by atoms with Crippen molar-refractivity contribution < 1.29 is 5.11 Å². The third-order valence-corrected chi connectivity index (χ3v) is 2.95. The number of halogens is 1. The van der Waals surface area contributed by atoms with E-state index in [2.05, 4.69) is 0 Å². The van der Waals surface area contributed by atoms with Gasteiger partial charge in [-0.3, -0.25) is 0 Å². The van der Waals surface area contributed by atoms with Crippen molar-refractivity contribution in [3.63, 3.8) is 0 Å². The molecule has 2 nitrogen and oxygen atoms in total. The van der Waals surface area contributed by atoms with Crippen LogP contribution in [0.3, 0.4) is 0 Å². The summed E-state index contributed by atoms with van der Waals surface area (Å²) in [6, 6.07) is 5.63. The van der Waals surface area contributed by atoms with Crippen LogP contribution in [-0.2, 0) is 12.0 Å². The summed E-state index contributed by atoms with van der Waals surface area (Å²) >= 11 is 5.86. The number of hydrogen-bond donors (Lipinski definition) is 2. The molecular formula is C10H12ClNO. The molecule has 0 saturated carbocycles. The molecule has 3 heteroatoms. The Morgan fingerprint density at radius 2 is 2.31 bits per heavy atom. The van der Waals surface area contributed by atoms with Gasteiger partial charge in [-0.05, 0) is 36.1 Å². The van der Waals surface area contributed by atoms with Gasteiger partial charge in [-0.15, -0.1) is 0 Å². The summed E-state index contributed by atoms with van der Waals surface area (Å²) in [6.45, 7) is 0.264. The van der Waals surface area contributed by atoms with Gasteiger partial charge in [-0.25, -0.2) is 0 Å². The average Bonchev–Trinajstić information content (AvgIpc) is 2.45. The molecule has 1 aliphatic carbocycles. The van der Waals surface area contributed by atoms with Gasteiger partial charge in [0.2, 0.25) is 0 Å². The van der Waals surface area contributed by atoms with Crippen LogP contribution in [-0.4, -0.2) is 11.7 Å². The number of fused-ring (bicyclic) bond motifs is 1. The molecule has 0 aromatic heterocycles. The third-order valence-electron chi connectivity index (χ3n) is 2.72. The summed E-state index contributed by atoms with van der Waals surface area (Å²) in [5.74, 6) is 0. The van der Waals surface area contributed by atoms with Crippen LogP contribution in [0.4, 0.5) is 0 Å². The molecule has 0 amide bonds. The highest BCUT2D eigenvalue weighted by atomic mass is 35.5.